The Bertz CT molecular complexity index is 1150. The van der Waals surface area contributed by atoms with Crippen molar-refractivity contribution in [3.8, 4) is 11.3 Å². The van der Waals surface area contributed by atoms with Gasteiger partial charge in [0.05, 0.1) is 11.1 Å². The average molecular weight is 360 g/mol. The van der Waals surface area contributed by atoms with Crippen molar-refractivity contribution < 1.29 is 0 Å². The van der Waals surface area contributed by atoms with Gasteiger partial charge in [-0.15, -0.1) is 0 Å². The zero-order valence-electron chi connectivity index (χ0n) is 14.1. The monoisotopic (exact) mass is 360 g/mol. The van der Waals surface area contributed by atoms with Crippen LogP contribution in [-0.2, 0) is 0 Å². The number of hydrogen-bond acceptors (Lipinski definition) is 4. The molecular formula is C20H16N4OS. The molecule has 26 heavy (non-hydrogen) atoms. The lowest BCUT2D eigenvalue weighted by Gasteiger charge is -1.99. The predicted octanol–water partition coefficient (Wildman–Crippen LogP) is 4.21. The van der Waals surface area contributed by atoms with Gasteiger partial charge in [0.25, 0.3) is 5.56 Å². The molecule has 1 aromatic carbocycles. The van der Waals surface area contributed by atoms with Crippen LogP contribution in [0.3, 0.4) is 0 Å². The maximum atomic E-state index is 12.2. The van der Waals surface area contributed by atoms with Gasteiger partial charge in [-0.25, -0.2) is 4.98 Å². The summed E-state index contributed by atoms with van der Waals surface area (Å²) in [6.45, 7) is 0. The lowest BCUT2D eigenvalue weighted by atomic mass is 10.1. The molecule has 4 aromatic rings. The third-order valence-electron chi connectivity index (χ3n) is 4.01. The lowest BCUT2D eigenvalue weighted by Crippen LogP contribution is -2.07. The predicted molar refractivity (Wildman–Crippen MR) is 107 cm³/mol. The Morgan fingerprint density at radius 1 is 1.04 bits per heavy atom. The van der Waals surface area contributed by atoms with Crippen LogP contribution in [0.1, 0.15) is 11.3 Å². The van der Waals surface area contributed by atoms with Crippen LogP contribution in [0, 0.1) is 0 Å². The van der Waals surface area contributed by atoms with E-state index in [1.807, 2.05) is 66.9 Å². The number of thioether (sulfide) groups is 1. The summed E-state index contributed by atoms with van der Waals surface area (Å²) < 4.78 is 0. The molecule has 3 heterocycles. The van der Waals surface area contributed by atoms with Gasteiger partial charge in [0.1, 0.15) is 5.65 Å². The number of benzene rings is 1. The van der Waals surface area contributed by atoms with E-state index < -0.39 is 0 Å². The Morgan fingerprint density at radius 2 is 1.88 bits per heavy atom. The van der Waals surface area contributed by atoms with Crippen molar-refractivity contribution >= 4 is 34.9 Å². The minimum absolute atomic E-state index is 0.139. The second kappa shape index (κ2) is 7.01. The number of H-pyrrole nitrogens is 2. The lowest BCUT2D eigenvalue weighted by molar-refractivity contribution is 0.971. The van der Waals surface area contributed by atoms with Crippen LogP contribution < -0.4 is 5.56 Å². The maximum absolute atomic E-state index is 12.2. The molecule has 4 rings (SSSR count). The summed E-state index contributed by atoms with van der Waals surface area (Å²) in [4.78, 5) is 27.0. The third-order valence-corrected chi connectivity index (χ3v) is 4.59. The molecule has 0 aliphatic carbocycles. The molecule has 0 radical (unpaired) electrons. The molecule has 0 saturated heterocycles. The minimum atomic E-state index is -0.139. The standard InChI is InChI=1S/C20H16N4OS/c1-26-20-23-18-16(19(25)24-20)12-17(22-18)14-9-10-21-15(11-14)8-7-13-5-3-2-4-6-13/h2-12H,1H3,(H2,22,23,24,25). The SMILES string of the molecule is CSc1nc2[nH]c(-c3ccnc(C=Cc4ccccc4)c3)cc2c(=O)[nH]1. The van der Waals surface area contributed by atoms with E-state index in [-0.39, 0.29) is 5.56 Å². The Kier molecular flexibility index (Phi) is 4.41. The summed E-state index contributed by atoms with van der Waals surface area (Å²) in [5.74, 6) is 0. The van der Waals surface area contributed by atoms with Gasteiger partial charge in [0, 0.05) is 17.5 Å². The molecule has 5 nitrogen and oxygen atoms in total. The van der Waals surface area contributed by atoms with Crippen LogP contribution in [0.25, 0.3) is 34.4 Å². The molecule has 0 amide bonds. The second-order valence-electron chi connectivity index (χ2n) is 5.73. The number of hydrogen-bond donors (Lipinski definition) is 2. The number of nitrogens with one attached hydrogen (secondary N) is 2. The molecule has 0 bridgehead atoms. The average Bonchev–Trinajstić information content (AvgIpc) is 3.12. The van der Waals surface area contributed by atoms with E-state index in [4.69, 9.17) is 0 Å². The van der Waals surface area contributed by atoms with E-state index in [9.17, 15) is 4.79 Å². The number of fused-ring (bicyclic) bond motifs is 1. The molecular weight excluding hydrogens is 344 g/mol. The topological polar surface area (TPSA) is 74.4 Å². The zero-order chi connectivity index (χ0) is 17.9. The van der Waals surface area contributed by atoms with E-state index >= 15 is 0 Å². The van der Waals surface area contributed by atoms with Gasteiger partial charge in [-0.1, -0.05) is 48.2 Å². The van der Waals surface area contributed by atoms with Crippen molar-refractivity contribution in [3.05, 3.63) is 76.3 Å². The summed E-state index contributed by atoms with van der Waals surface area (Å²) in [7, 11) is 0. The highest BCUT2D eigenvalue weighted by molar-refractivity contribution is 7.98. The third kappa shape index (κ3) is 3.32. The summed E-state index contributed by atoms with van der Waals surface area (Å²) in [6.07, 6.45) is 7.63. The Balaban J connectivity index is 1.70. The molecule has 0 unspecified atom stereocenters. The fourth-order valence-electron chi connectivity index (χ4n) is 2.70. The van der Waals surface area contributed by atoms with Gasteiger partial charge in [-0.2, -0.15) is 0 Å². The molecule has 0 aliphatic rings. The van der Waals surface area contributed by atoms with Crippen molar-refractivity contribution in [2.24, 2.45) is 0 Å². The van der Waals surface area contributed by atoms with Crippen molar-refractivity contribution in [1.29, 1.82) is 0 Å². The highest BCUT2D eigenvalue weighted by atomic mass is 32.2. The summed E-state index contributed by atoms with van der Waals surface area (Å²) in [6, 6.07) is 15.8. The van der Waals surface area contributed by atoms with E-state index in [1.165, 1.54) is 11.8 Å². The maximum Gasteiger partial charge on any atom is 0.261 e. The Labute approximate surface area is 154 Å². The molecule has 0 aliphatic heterocycles. The number of aromatic amines is 2. The number of nitrogens with zero attached hydrogens (tertiary/aromatic N) is 2. The molecule has 0 saturated carbocycles. The number of pyridine rings is 1. The second-order valence-corrected chi connectivity index (χ2v) is 6.53. The first-order valence-electron chi connectivity index (χ1n) is 8.09. The van der Waals surface area contributed by atoms with Gasteiger partial charge in [-0.3, -0.25) is 9.78 Å². The quantitative estimate of drug-likeness (QED) is 0.422. The van der Waals surface area contributed by atoms with E-state index in [0.29, 0.717) is 16.2 Å². The highest BCUT2D eigenvalue weighted by Crippen LogP contribution is 2.23. The van der Waals surface area contributed by atoms with Crippen LogP contribution in [0.2, 0.25) is 0 Å². The molecule has 0 atom stereocenters. The number of aromatic nitrogens is 4. The van der Waals surface area contributed by atoms with Crippen molar-refractivity contribution in [2.75, 3.05) is 6.26 Å². The first-order valence-corrected chi connectivity index (χ1v) is 9.32. The fraction of sp³-hybridized carbons (Fsp3) is 0.0500. The van der Waals surface area contributed by atoms with Gasteiger partial charge in [-0.05, 0) is 36.1 Å². The van der Waals surface area contributed by atoms with E-state index in [1.54, 1.807) is 6.20 Å². The molecule has 128 valence electrons. The van der Waals surface area contributed by atoms with Crippen LogP contribution >= 0.6 is 11.8 Å². The van der Waals surface area contributed by atoms with E-state index in [0.717, 1.165) is 22.5 Å². The largest absolute Gasteiger partial charge is 0.339 e. The van der Waals surface area contributed by atoms with Crippen molar-refractivity contribution in [1.82, 2.24) is 19.9 Å². The normalized spacial score (nSPS) is 11.4. The van der Waals surface area contributed by atoms with Gasteiger partial charge < -0.3 is 9.97 Å². The van der Waals surface area contributed by atoms with Gasteiger partial charge in [0.2, 0.25) is 0 Å². The van der Waals surface area contributed by atoms with Crippen LogP contribution in [-0.4, -0.2) is 26.2 Å². The van der Waals surface area contributed by atoms with Crippen LogP contribution in [0.4, 0.5) is 0 Å². The van der Waals surface area contributed by atoms with Crippen molar-refractivity contribution in [2.45, 2.75) is 5.16 Å². The Hall–Kier alpha value is -3.12. The smallest absolute Gasteiger partial charge is 0.261 e. The number of rotatable bonds is 4. The fourth-order valence-corrected chi connectivity index (χ4v) is 3.08. The zero-order valence-corrected chi connectivity index (χ0v) is 14.9. The van der Waals surface area contributed by atoms with Crippen LogP contribution in [0.15, 0.2) is 64.7 Å². The minimum Gasteiger partial charge on any atom is -0.339 e. The Morgan fingerprint density at radius 3 is 2.69 bits per heavy atom. The van der Waals surface area contributed by atoms with Gasteiger partial charge >= 0.3 is 0 Å². The van der Waals surface area contributed by atoms with Gasteiger partial charge in [0.15, 0.2) is 5.16 Å². The first kappa shape index (κ1) is 16.4. The van der Waals surface area contributed by atoms with E-state index in [2.05, 4.69) is 19.9 Å². The van der Waals surface area contributed by atoms with Crippen LogP contribution in [0.5, 0.6) is 0 Å². The highest BCUT2D eigenvalue weighted by Gasteiger charge is 2.09. The molecule has 0 fully saturated rings. The molecule has 0 spiro atoms. The van der Waals surface area contributed by atoms with Crippen molar-refractivity contribution in [3.63, 3.8) is 0 Å². The molecule has 6 heteroatoms. The summed E-state index contributed by atoms with van der Waals surface area (Å²) in [5, 5.41) is 1.15. The summed E-state index contributed by atoms with van der Waals surface area (Å²) in [5.41, 5.74) is 4.21. The first-order chi connectivity index (χ1) is 12.7. The molecule has 3 aromatic heterocycles. The molecule has 2 N–H and O–H groups in total. The summed E-state index contributed by atoms with van der Waals surface area (Å²) >= 11 is 1.40.